The molecular weight excluding hydrogens is 188 g/mol. The molecule has 0 aromatic carbocycles. The number of nitrogens with zero attached hydrogens (tertiary/aromatic N) is 2. The van der Waals surface area contributed by atoms with E-state index in [0.29, 0.717) is 11.2 Å². The third-order valence-corrected chi connectivity index (χ3v) is 2.23. The zero-order chi connectivity index (χ0) is 9.10. The van der Waals surface area contributed by atoms with Crippen LogP contribution in [0.15, 0.2) is 12.4 Å². The summed E-state index contributed by atoms with van der Waals surface area (Å²) in [7, 11) is 0. The average Bonchev–Trinajstić information content (AvgIpc) is 2.62. The van der Waals surface area contributed by atoms with Crippen molar-refractivity contribution < 1.29 is 0 Å². The summed E-state index contributed by atoms with van der Waals surface area (Å²) in [6.45, 7) is 2.06. The van der Waals surface area contributed by atoms with E-state index >= 15 is 0 Å². The first-order chi connectivity index (χ1) is 6.34. The van der Waals surface area contributed by atoms with Crippen LogP contribution in [0.4, 0.5) is 5.82 Å². The second-order valence-corrected chi connectivity index (χ2v) is 3.45. The van der Waals surface area contributed by atoms with Crippen LogP contribution in [0.5, 0.6) is 0 Å². The van der Waals surface area contributed by atoms with Crippen LogP contribution in [0, 0.1) is 0 Å². The summed E-state index contributed by atoms with van der Waals surface area (Å²) < 4.78 is 0. The molecule has 0 unspecified atom stereocenters. The number of aromatic nitrogens is 2. The predicted molar refractivity (Wildman–Crippen MR) is 51.9 cm³/mol. The van der Waals surface area contributed by atoms with E-state index in [9.17, 15) is 0 Å². The number of hydrogen-bond donors (Lipinski definition) is 2. The van der Waals surface area contributed by atoms with Gasteiger partial charge in [-0.3, -0.25) is 0 Å². The molecule has 0 saturated carbocycles. The Kier molecular flexibility index (Phi) is 2.61. The van der Waals surface area contributed by atoms with Crippen molar-refractivity contribution in [2.45, 2.75) is 12.5 Å². The molecule has 1 aliphatic rings. The maximum atomic E-state index is 5.61. The van der Waals surface area contributed by atoms with Gasteiger partial charge in [0, 0.05) is 12.6 Å². The Labute approximate surface area is 81.7 Å². The summed E-state index contributed by atoms with van der Waals surface area (Å²) in [6.07, 6.45) is 4.33. The van der Waals surface area contributed by atoms with Crippen molar-refractivity contribution in [2.75, 3.05) is 18.4 Å². The van der Waals surface area contributed by atoms with Gasteiger partial charge in [0.05, 0.1) is 12.4 Å². The maximum Gasteiger partial charge on any atom is 0.147 e. The Morgan fingerprint density at radius 2 is 2.38 bits per heavy atom. The minimum atomic E-state index is 0.426. The van der Waals surface area contributed by atoms with Gasteiger partial charge < -0.3 is 10.6 Å². The van der Waals surface area contributed by atoms with Crippen LogP contribution in [0.1, 0.15) is 6.42 Å². The minimum Gasteiger partial charge on any atom is -0.365 e. The van der Waals surface area contributed by atoms with Gasteiger partial charge in [0.25, 0.3) is 0 Å². The molecule has 0 radical (unpaired) electrons. The Balaban J connectivity index is 1.97. The molecule has 0 aliphatic carbocycles. The lowest BCUT2D eigenvalue weighted by atomic mass is 10.3. The molecule has 13 heavy (non-hydrogen) atoms. The van der Waals surface area contributed by atoms with Crippen molar-refractivity contribution in [1.29, 1.82) is 0 Å². The van der Waals surface area contributed by atoms with Crippen LogP contribution in [-0.4, -0.2) is 29.1 Å². The Morgan fingerprint density at radius 3 is 3.00 bits per heavy atom. The molecule has 5 heteroatoms. The van der Waals surface area contributed by atoms with E-state index in [2.05, 4.69) is 20.6 Å². The van der Waals surface area contributed by atoms with Gasteiger partial charge in [-0.25, -0.2) is 9.97 Å². The topological polar surface area (TPSA) is 49.8 Å². The third kappa shape index (κ3) is 2.29. The fraction of sp³-hybridized carbons (Fsp3) is 0.500. The van der Waals surface area contributed by atoms with Crippen LogP contribution in [0.3, 0.4) is 0 Å². The normalized spacial score (nSPS) is 21.8. The minimum absolute atomic E-state index is 0.426. The van der Waals surface area contributed by atoms with Gasteiger partial charge in [-0.1, -0.05) is 11.6 Å². The second-order valence-electron chi connectivity index (χ2n) is 3.06. The number of anilines is 1. The fourth-order valence-corrected chi connectivity index (χ4v) is 1.47. The summed E-state index contributed by atoms with van der Waals surface area (Å²) in [6, 6.07) is 0.468. The molecule has 2 rings (SSSR count). The Morgan fingerprint density at radius 1 is 1.46 bits per heavy atom. The van der Waals surface area contributed by atoms with Gasteiger partial charge in [0.15, 0.2) is 0 Å². The Bertz CT molecular complexity index is 268. The predicted octanol–water partition coefficient (Wildman–Crippen LogP) is 0.904. The monoisotopic (exact) mass is 198 g/mol. The highest BCUT2D eigenvalue weighted by atomic mass is 35.5. The second kappa shape index (κ2) is 3.89. The molecule has 2 heterocycles. The molecule has 1 aromatic heterocycles. The van der Waals surface area contributed by atoms with E-state index in [1.54, 1.807) is 12.4 Å². The lowest BCUT2D eigenvalue weighted by molar-refractivity contribution is 0.786. The highest BCUT2D eigenvalue weighted by Crippen LogP contribution is 2.09. The SMILES string of the molecule is Clc1cnc(N[C@@H]2CCNC2)cn1. The quantitative estimate of drug-likeness (QED) is 0.742. The van der Waals surface area contributed by atoms with Gasteiger partial charge in [-0.05, 0) is 13.0 Å². The third-order valence-electron chi connectivity index (χ3n) is 2.03. The van der Waals surface area contributed by atoms with Crippen LogP contribution in [-0.2, 0) is 0 Å². The van der Waals surface area contributed by atoms with Crippen LogP contribution < -0.4 is 10.6 Å². The maximum absolute atomic E-state index is 5.61. The Hall–Kier alpha value is -0.870. The fourth-order valence-electron chi connectivity index (χ4n) is 1.37. The molecule has 0 spiro atoms. The molecular formula is C8H11ClN4. The van der Waals surface area contributed by atoms with Crippen molar-refractivity contribution in [1.82, 2.24) is 15.3 Å². The van der Waals surface area contributed by atoms with E-state index in [-0.39, 0.29) is 0 Å². The largest absolute Gasteiger partial charge is 0.365 e. The molecule has 4 nitrogen and oxygen atoms in total. The van der Waals surface area contributed by atoms with Gasteiger partial charge >= 0.3 is 0 Å². The highest BCUT2D eigenvalue weighted by molar-refractivity contribution is 6.29. The van der Waals surface area contributed by atoms with Crippen molar-refractivity contribution in [2.24, 2.45) is 0 Å². The zero-order valence-corrected chi connectivity index (χ0v) is 7.88. The van der Waals surface area contributed by atoms with Crippen LogP contribution >= 0.6 is 11.6 Å². The van der Waals surface area contributed by atoms with E-state index in [1.165, 1.54) is 0 Å². The van der Waals surface area contributed by atoms with E-state index in [4.69, 9.17) is 11.6 Å². The lowest BCUT2D eigenvalue weighted by Crippen LogP contribution is -2.22. The first kappa shape index (κ1) is 8.72. The smallest absolute Gasteiger partial charge is 0.147 e. The van der Waals surface area contributed by atoms with Crippen molar-refractivity contribution in [3.05, 3.63) is 17.5 Å². The molecule has 1 fully saturated rings. The lowest BCUT2D eigenvalue weighted by Gasteiger charge is -2.10. The first-order valence-electron chi connectivity index (χ1n) is 4.29. The number of hydrogen-bond acceptors (Lipinski definition) is 4. The van der Waals surface area contributed by atoms with E-state index < -0.39 is 0 Å². The summed E-state index contributed by atoms with van der Waals surface area (Å²) in [5.41, 5.74) is 0. The van der Waals surface area contributed by atoms with Crippen molar-refractivity contribution in [3.8, 4) is 0 Å². The summed E-state index contributed by atoms with van der Waals surface area (Å²) in [4.78, 5) is 8.05. The standard InChI is InChI=1S/C8H11ClN4/c9-7-4-12-8(5-11-7)13-6-1-2-10-3-6/h4-6,10H,1-3H2,(H,12,13)/t6-/m1/s1. The average molecular weight is 199 g/mol. The van der Waals surface area contributed by atoms with Crippen molar-refractivity contribution in [3.63, 3.8) is 0 Å². The van der Waals surface area contributed by atoms with Gasteiger partial charge in [0.2, 0.25) is 0 Å². The van der Waals surface area contributed by atoms with E-state index in [0.717, 1.165) is 25.3 Å². The van der Waals surface area contributed by atoms with Gasteiger partial charge in [-0.15, -0.1) is 0 Å². The summed E-state index contributed by atoms with van der Waals surface area (Å²) in [5.74, 6) is 0.790. The molecule has 70 valence electrons. The van der Waals surface area contributed by atoms with E-state index in [1.807, 2.05) is 0 Å². The van der Waals surface area contributed by atoms with Crippen LogP contribution in [0.2, 0.25) is 5.15 Å². The molecule has 1 aliphatic heterocycles. The molecule has 1 atom stereocenters. The van der Waals surface area contributed by atoms with Gasteiger partial charge in [-0.2, -0.15) is 0 Å². The number of halogens is 1. The summed E-state index contributed by atoms with van der Waals surface area (Å²) >= 11 is 5.61. The van der Waals surface area contributed by atoms with Crippen molar-refractivity contribution >= 4 is 17.4 Å². The molecule has 0 amide bonds. The molecule has 1 aromatic rings. The molecule has 1 saturated heterocycles. The van der Waals surface area contributed by atoms with Gasteiger partial charge in [0.1, 0.15) is 11.0 Å². The highest BCUT2D eigenvalue weighted by Gasteiger charge is 2.13. The molecule has 2 N–H and O–H groups in total. The number of rotatable bonds is 2. The molecule has 0 bridgehead atoms. The zero-order valence-electron chi connectivity index (χ0n) is 7.13. The summed E-state index contributed by atoms with van der Waals surface area (Å²) in [5, 5.41) is 6.97. The first-order valence-corrected chi connectivity index (χ1v) is 4.67. The van der Waals surface area contributed by atoms with Crippen LogP contribution in [0.25, 0.3) is 0 Å². The number of nitrogens with one attached hydrogen (secondary N) is 2.